The molecule has 1 N–H and O–H groups in total. The van der Waals surface area contributed by atoms with E-state index in [4.69, 9.17) is 4.74 Å². The maximum absolute atomic E-state index is 5.86. The molecular weight excluding hydrogens is 295 g/mol. The van der Waals surface area contributed by atoms with Crippen molar-refractivity contribution in [3.63, 3.8) is 0 Å². The van der Waals surface area contributed by atoms with E-state index in [9.17, 15) is 0 Å². The minimum atomic E-state index is 0. The first kappa shape index (κ1) is 16.1. The smallest absolute Gasteiger partial charge is 0.0867 e. The molecular formula is C15H22Cl2N2O. The molecule has 0 radical (unpaired) electrons. The molecule has 4 rings (SSSR count). The lowest BCUT2D eigenvalue weighted by Crippen LogP contribution is -2.47. The minimum Gasteiger partial charge on any atom is -0.374 e. The first-order valence-electron chi connectivity index (χ1n) is 7.06. The number of likely N-dealkylation sites (tertiary alicyclic amines) is 1. The molecule has 20 heavy (non-hydrogen) atoms. The van der Waals surface area contributed by atoms with E-state index in [2.05, 4.69) is 34.5 Å². The van der Waals surface area contributed by atoms with Crippen molar-refractivity contribution in [2.24, 2.45) is 0 Å². The Morgan fingerprint density at radius 2 is 1.75 bits per heavy atom. The molecule has 3 nitrogen and oxygen atoms in total. The van der Waals surface area contributed by atoms with Gasteiger partial charge in [-0.3, -0.25) is 4.90 Å². The lowest BCUT2D eigenvalue weighted by molar-refractivity contribution is 0.0165. The summed E-state index contributed by atoms with van der Waals surface area (Å²) in [5.74, 6) is 0. The third-order valence-electron chi connectivity index (χ3n) is 4.68. The Kier molecular flexibility index (Phi) is 5.32. The highest BCUT2D eigenvalue weighted by atomic mass is 35.5. The van der Waals surface area contributed by atoms with Crippen molar-refractivity contribution in [3.8, 4) is 0 Å². The number of benzene rings is 1. The van der Waals surface area contributed by atoms with Gasteiger partial charge in [-0.1, -0.05) is 24.3 Å². The number of rotatable bonds is 1. The molecule has 3 aliphatic rings. The zero-order valence-electron chi connectivity index (χ0n) is 11.5. The molecule has 0 aromatic heterocycles. The topological polar surface area (TPSA) is 24.5 Å². The summed E-state index contributed by atoms with van der Waals surface area (Å²) in [6.45, 7) is 4.15. The fraction of sp³-hybridized carbons (Fsp3) is 0.600. The van der Waals surface area contributed by atoms with Gasteiger partial charge in [0.25, 0.3) is 0 Å². The normalized spacial score (nSPS) is 29.2. The van der Waals surface area contributed by atoms with Crippen LogP contribution in [0.25, 0.3) is 0 Å². The van der Waals surface area contributed by atoms with Crippen LogP contribution in [0.2, 0.25) is 0 Å². The summed E-state index contributed by atoms with van der Waals surface area (Å²) in [5.41, 5.74) is 3.09. The zero-order valence-corrected chi connectivity index (χ0v) is 13.1. The van der Waals surface area contributed by atoms with Gasteiger partial charge in [-0.2, -0.15) is 0 Å². The van der Waals surface area contributed by atoms with E-state index in [1.807, 2.05) is 0 Å². The zero-order chi connectivity index (χ0) is 11.9. The van der Waals surface area contributed by atoms with Gasteiger partial charge in [0.15, 0.2) is 0 Å². The van der Waals surface area contributed by atoms with Crippen LogP contribution >= 0.6 is 24.8 Å². The van der Waals surface area contributed by atoms with E-state index >= 15 is 0 Å². The van der Waals surface area contributed by atoms with Gasteiger partial charge in [-0.05, 0) is 24.0 Å². The molecule has 0 bridgehead atoms. The van der Waals surface area contributed by atoms with E-state index in [0.717, 1.165) is 26.2 Å². The molecule has 2 fully saturated rings. The van der Waals surface area contributed by atoms with Crippen LogP contribution in [0.5, 0.6) is 0 Å². The number of morpholine rings is 1. The number of hydrogen-bond donors (Lipinski definition) is 1. The van der Waals surface area contributed by atoms with Crippen molar-refractivity contribution in [1.29, 1.82) is 0 Å². The maximum Gasteiger partial charge on any atom is 0.0867 e. The number of hydrogen-bond acceptors (Lipinski definition) is 3. The largest absolute Gasteiger partial charge is 0.374 e. The molecule has 0 amide bonds. The number of fused-ring (bicyclic) bond motifs is 2. The third kappa shape index (κ3) is 2.83. The molecule has 112 valence electrons. The van der Waals surface area contributed by atoms with Gasteiger partial charge in [0.2, 0.25) is 0 Å². The highest BCUT2D eigenvalue weighted by Crippen LogP contribution is 2.28. The van der Waals surface area contributed by atoms with Crippen LogP contribution in [0.15, 0.2) is 24.3 Å². The minimum absolute atomic E-state index is 0. The predicted molar refractivity (Wildman–Crippen MR) is 85.2 cm³/mol. The highest BCUT2D eigenvalue weighted by Gasteiger charge is 2.39. The molecule has 0 unspecified atom stereocenters. The molecule has 1 aliphatic carbocycles. The van der Waals surface area contributed by atoms with Crippen LogP contribution in [0, 0.1) is 0 Å². The van der Waals surface area contributed by atoms with Crippen molar-refractivity contribution < 1.29 is 4.74 Å². The summed E-state index contributed by atoms with van der Waals surface area (Å²) in [7, 11) is 0. The van der Waals surface area contributed by atoms with E-state index in [0.29, 0.717) is 18.2 Å². The second-order valence-corrected chi connectivity index (χ2v) is 5.75. The Hall–Kier alpha value is -0.320. The second kappa shape index (κ2) is 6.63. The summed E-state index contributed by atoms with van der Waals surface area (Å²) >= 11 is 0. The Morgan fingerprint density at radius 1 is 1.05 bits per heavy atom. The molecule has 1 aromatic carbocycles. The lowest BCUT2D eigenvalue weighted by atomic mass is 10.1. The lowest BCUT2D eigenvalue weighted by Gasteiger charge is -2.25. The summed E-state index contributed by atoms with van der Waals surface area (Å²) in [6.07, 6.45) is 2.85. The van der Waals surface area contributed by atoms with Crippen LogP contribution < -0.4 is 5.32 Å². The van der Waals surface area contributed by atoms with E-state index in [1.54, 1.807) is 11.1 Å². The van der Waals surface area contributed by atoms with Crippen LogP contribution in [-0.2, 0) is 17.6 Å². The Bertz CT molecular complexity index is 418. The van der Waals surface area contributed by atoms with Gasteiger partial charge in [-0.15, -0.1) is 24.8 Å². The quantitative estimate of drug-likeness (QED) is 0.853. The number of nitrogens with zero attached hydrogens (tertiary/aromatic N) is 1. The summed E-state index contributed by atoms with van der Waals surface area (Å²) in [6, 6.07) is 10.1. The van der Waals surface area contributed by atoms with Crippen LogP contribution in [0.3, 0.4) is 0 Å². The summed E-state index contributed by atoms with van der Waals surface area (Å²) < 4.78 is 5.86. The first-order valence-corrected chi connectivity index (χ1v) is 7.06. The summed E-state index contributed by atoms with van der Waals surface area (Å²) in [5, 5.41) is 3.59. The molecule has 2 heterocycles. The van der Waals surface area contributed by atoms with Crippen molar-refractivity contribution in [1.82, 2.24) is 10.2 Å². The van der Waals surface area contributed by atoms with Crippen molar-refractivity contribution in [2.45, 2.75) is 31.0 Å². The monoisotopic (exact) mass is 316 g/mol. The van der Waals surface area contributed by atoms with Crippen LogP contribution in [-0.4, -0.2) is 49.3 Å². The van der Waals surface area contributed by atoms with Crippen molar-refractivity contribution in [2.75, 3.05) is 26.2 Å². The van der Waals surface area contributed by atoms with E-state index in [1.165, 1.54) is 12.8 Å². The molecule has 2 atom stereocenters. The summed E-state index contributed by atoms with van der Waals surface area (Å²) in [4.78, 5) is 2.63. The molecule has 5 heteroatoms. The molecule has 1 aromatic rings. The average molecular weight is 317 g/mol. The van der Waals surface area contributed by atoms with Gasteiger partial charge in [-0.25, -0.2) is 0 Å². The van der Waals surface area contributed by atoms with Gasteiger partial charge in [0, 0.05) is 31.7 Å². The Balaban J connectivity index is 0.000000735. The van der Waals surface area contributed by atoms with E-state index in [-0.39, 0.29) is 24.8 Å². The molecule has 0 spiro atoms. The Labute approximate surface area is 132 Å². The number of nitrogens with one attached hydrogen (secondary N) is 1. The van der Waals surface area contributed by atoms with Gasteiger partial charge in [0.1, 0.15) is 0 Å². The van der Waals surface area contributed by atoms with Crippen molar-refractivity contribution in [3.05, 3.63) is 35.4 Å². The van der Waals surface area contributed by atoms with Gasteiger partial charge >= 0.3 is 0 Å². The number of halogens is 2. The van der Waals surface area contributed by atoms with Crippen molar-refractivity contribution >= 4 is 24.8 Å². The second-order valence-electron chi connectivity index (χ2n) is 5.75. The molecule has 2 aliphatic heterocycles. The van der Waals surface area contributed by atoms with Crippen LogP contribution in [0.4, 0.5) is 0 Å². The highest BCUT2D eigenvalue weighted by molar-refractivity contribution is 5.85. The Morgan fingerprint density at radius 3 is 2.40 bits per heavy atom. The maximum atomic E-state index is 5.86. The standard InChI is InChI=1S/C15H20N2O.2ClH/c1-2-4-12-8-13(7-11(12)3-1)17-9-14-15(10-17)18-6-5-16-14;;/h1-4,13-16H,5-10H2;2*1H/t14-,15-;;/m0../s1. The predicted octanol–water partition coefficient (Wildman–Crippen LogP) is 1.67. The average Bonchev–Trinajstić information content (AvgIpc) is 3.02. The van der Waals surface area contributed by atoms with E-state index < -0.39 is 0 Å². The van der Waals surface area contributed by atoms with Crippen LogP contribution in [0.1, 0.15) is 11.1 Å². The fourth-order valence-electron chi connectivity index (χ4n) is 3.71. The number of ether oxygens (including phenoxy) is 1. The third-order valence-corrected chi connectivity index (χ3v) is 4.68. The van der Waals surface area contributed by atoms with Gasteiger partial charge in [0.05, 0.1) is 12.7 Å². The molecule has 0 saturated carbocycles. The van der Waals surface area contributed by atoms with Gasteiger partial charge < -0.3 is 10.1 Å². The first-order chi connectivity index (χ1) is 8.90. The molecule has 2 saturated heterocycles. The SMILES string of the molecule is Cl.Cl.c1ccc2c(c1)CC(N1C[C@@H]3NCCO[C@H]3C1)C2. The fourth-order valence-corrected chi connectivity index (χ4v) is 3.71.